The van der Waals surface area contributed by atoms with Gasteiger partial charge in [0.15, 0.2) is 0 Å². The van der Waals surface area contributed by atoms with Gasteiger partial charge in [-0.05, 0) is 56.1 Å². The number of anilines is 2. The highest BCUT2D eigenvalue weighted by molar-refractivity contribution is 7.19. The topological polar surface area (TPSA) is 61.4 Å². The molecule has 0 aliphatic carbocycles. The highest BCUT2D eigenvalue weighted by atomic mass is 35.5. The van der Waals surface area contributed by atoms with Gasteiger partial charge in [-0.2, -0.15) is 0 Å². The van der Waals surface area contributed by atoms with Gasteiger partial charge in [0.05, 0.1) is 17.0 Å². The Labute approximate surface area is 201 Å². The molecule has 3 aromatic rings. The molecule has 0 bridgehead atoms. The zero-order valence-electron chi connectivity index (χ0n) is 18.2. The first-order valence-corrected chi connectivity index (χ1v) is 12.4. The fraction of sp³-hybridized carbons (Fsp3) is 0.375. The molecule has 9 heteroatoms. The third kappa shape index (κ3) is 4.88. The van der Waals surface area contributed by atoms with Gasteiger partial charge < -0.3 is 10.2 Å². The molecule has 2 aromatic heterocycles. The summed E-state index contributed by atoms with van der Waals surface area (Å²) >= 11 is 7.52. The zero-order chi connectivity index (χ0) is 22.8. The molecule has 1 N–H and O–H groups in total. The van der Waals surface area contributed by atoms with Crippen molar-refractivity contribution in [3.8, 4) is 0 Å². The zero-order valence-corrected chi connectivity index (χ0v) is 19.8. The fourth-order valence-corrected chi connectivity index (χ4v) is 5.85. The number of hydrogen-bond acceptors (Lipinski definition) is 6. The first-order chi connectivity index (χ1) is 16.1. The number of thiophene rings is 1. The summed E-state index contributed by atoms with van der Waals surface area (Å²) in [7, 11) is 0. The highest BCUT2D eigenvalue weighted by Gasteiger charge is 2.25. The van der Waals surface area contributed by atoms with E-state index in [4.69, 9.17) is 11.6 Å². The summed E-state index contributed by atoms with van der Waals surface area (Å²) in [5, 5.41) is 4.27. The van der Waals surface area contributed by atoms with Crippen molar-refractivity contribution in [2.45, 2.75) is 32.2 Å². The van der Waals surface area contributed by atoms with E-state index < -0.39 is 5.82 Å². The molecule has 33 heavy (non-hydrogen) atoms. The Kier molecular flexibility index (Phi) is 6.57. The van der Waals surface area contributed by atoms with E-state index in [1.807, 2.05) is 11.0 Å². The Hall–Kier alpha value is -2.55. The van der Waals surface area contributed by atoms with Crippen LogP contribution >= 0.6 is 22.9 Å². The van der Waals surface area contributed by atoms with Gasteiger partial charge in [-0.1, -0.05) is 24.1 Å². The molecule has 4 heterocycles. The molecule has 5 rings (SSSR count). The minimum absolute atomic E-state index is 0.0557. The van der Waals surface area contributed by atoms with Crippen molar-refractivity contribution in [2.24, 2.45) is 0 Å². The minimum Gasteiger partial charge on any atom is -0.340 e. The first kappa shape index (κ1) is 22.3. The number of amides is 1. The molecule has 2 aliphatic rings. The maximum absolute atomic E-state index is 13.5. The summed E-state index contributed by atoms with van der Waals surface area (Å²) in [6.07, 6.45) is 9.78. The molecular weight excluding hydrogens is 461 g/mol. The smallest absolute Gasteiger partial charge is 0.246 e. The van der Waals surface area contributed by atoms with Crippen LogP contribution in [-0.4, -0.2) is 51.9 Å². The van der Waals surface area contributed by atoms with Crippen LogP contribution in [0.2, 0.25) is 5.02 Å². The second-order valence-electron chi connectivity index (χ2n) is 8.43. The van der Waals surface area contributed by atoms with Gasteiger partial charge in [0.25, 0.3) is 0 Å². The minimum atomic E-state index is -0.460. The standard InChI is InChI=1S/C24H25ClFN5OS/c25-18-13-16(6-7-19(18)26)29-23-22-17-8-12-31(14-20(17)33-24(22)28-15-27-23)21(32)5-4-11-30-9-2-1-3-10-30/h4-7,13,15H,1-3,8-12,14H2,(H,27,28,29). The number of benzene rings is 1. The lowest BCUT2D eigenvalue weighted by Gasteiger charge is -2.27. The molecule has 1 fully saturated rings. The predicted octanol–water partition coefficient (Wildman–Crippen LogP) is 5.15. The SMILES string of the molecule is O=C(C=CCN1CCCCC1)N1CCc2c(sc3ncnc(Nc4ccc(F)c(Cl)c4)c23)C1. The van der Waals surface area contributed by atoms with Crippen LogP contribution < -0.4 is 5.32 Å². The number of aromatic nitrogens is 2. The number of hydrogen-bond donors (Lipinski definition) is 1. The number of piperidine rings is 1. The molecule has 1 aromatic carbocycles. The number of halogens is 2. The summed E-state index contributed by atoms with van der Waals surface area (Å²) in [4.78, 5) is 27.9. The van der Waals surface area contributed by atoms with Crippen LogP contribution in [0.1, 0.15) is 29.7 Å². The lowest BCUT2D eigenvalue weighted by molar-refractivity contribution is -0.126. The molecule has 0 saturated carbocycles. The largest absolute Gasteiger partial charge is 0.340 e. The van der Waals surface area contributed by atoms with Crippen molar-refractivity contribution in [1.29, 1.82) is 0 Å². The van der Waals surface area contributed by atoms with E-state index in [0.717, 1.165) is 41.1 Å². The lowest BCUT2D eigenvalue weighted by atomic mass is 10.0. The maximum atomic E-state index is 13.5. The molecule has 172 valence electrons. The van der Waals surface area contributed by atoms with Crippen LogP contribution in [0.5, 0.6) is 0 Å². The van der Waals surface area contributed by atoms with E-state index in [-0.39, 0.29) is 10.9 Å². The Morgan fingerprint density at radius 1 is 1.21 bits per heavy atom. The molecular formula is C24H25ClFN5OS. The molecule has 1 saturated heterocycles. The van der Waals surface area contributed by atoms with Crippen LogP contribution in [0.25, 0.3) is 10.2 Å². The van der Waals surface area contributed by atoms with E-state index in [2.05, 4.69) is 20.2 Å². The predicted molar refractivity (Wildman–Crippen MR) is 131 cm³/mol. The molecule has 0 unspecified atom stereocenters. The van der Waals surface area contributed by atoms with Crippen LogP contribution in [0, 0.1) is 5.82 Å². The van der Waals surface area contributed by atoms with Gasteiger partial charge in [0, 0.05) is 29.7 Å². The van der Waals surface area contributed by atoms with Crippen molar-refractivity contribution in [1.82, 2.24) is 19.8 Å². The first-order valence-electron chi connectivity index (χ1n) is 11.2. The number of nitrogens with one attached hydrogen (secondary N) is 1. The third-order valence-corrected chi connectivity index (χ3v) is 7.62. The normalized spacial score (nSPS) is 17.0. The number of rotatable bonds is 5. The number of carbonyl (C=O) groups excluding carboxylic acids is 1. The summed E-state index contributed by atoms with van der Waals surface area (Å²) in [5.41, 5.74) is 1.83. The van der Waals surface area contributed by atoms with Gasteiger partial charge in [-0.15, -0.1) is 11.3 Å². The van der Waals surface area contributed by atoms with E-state index in [1.165, 1.54) is 37.2 Å². The van der Waals surface area contributed by atoms with Crippen molar-refractivity contribution >= 4 is 50.6 Å². The third-order valence-electron chi connectivity index (χ3n) is 6.20. The van der Waals surface area contributed by atoms with E-state index >= 15 is 0 Å². The Bertz CT molecular complexity index is 1210. The summed E-state index contributed by atoms with van der Waals surface area (Å²) in [6.45, 7) is 4.31. The van der Waals surface area contributed by atoms with Gasteiger partial charge in [-0.3, -0.25) is 9.69 Å². The number of nitrogens with zero attached hydrogens (tertiary/aromatic N) is 4. The summed E-state index contributed by atoms with van der Waals surface area (Å²) < 4.78 is 13.5. The average molecular weight is 486 g/mol. The van der Waals surface area contributed by atoms with E-state index in [9.17, 15) is 9.18 Å². The van der Waals surface area contributed by atoms with Crippen LogP contribution in [0.15, 0.2) is 36.7 Å². The quantitative estimate of drug-likeness (QED) is 0.506. The number of carbonyl (C=O) groups is 1. The maximum Gasteiger partial charge on any atom is 0.246 e. The fourth-order valence-electron chi connectivity index (χ4n) is 4.47. The van der Waals surface area contributed by atoms with E-state index in [1.54, 1.807) is 29.5 Å². The Morgan fingerprint density at radius 3 is 2.88 bits per heavy atom. The van der Waals surface area contributed by atoms with Gasteiger partial charge in [0.1, 0.15) is 22.8 Å². The highest BCUT2D eigenvalue weighted by Crippen LogP contribution is 2.38. The summed E-state index contributed by atoms with van der Waals surface area (Å²) in [6, 6.07) is 4.50. The number of fused-ring (bicyclic) bond motifs is 3. The molecule has 1 amide bonds. The second kappa shape index (κ2) is 9.75. The second-order valence-corrected chi connectivity index (χ2v) is 9.92. The summed E-state index contributed by atoms with van der Waals surface area (Å²) in [5.74, 6) is 0.264. The van der Waals surface area contributed by atoms with Gasteiger partial charge in [0.2, 0.25) is 5.91 Å². The molecule has 2 aliphatic heterocycles. The van der Waals surface area contributed by atoms with Gasteiger partial charge >= 0.3 is 0 Å². The van der Waals surface area contributed by atoms with Crippen LogP contribution in [-0.2, 0) is 17.8 Å². The van der Waals surface area contributed by atoms with E-state index in [0.29, 0.717) is 24.6 Å². The molecule has 6 nitrogen and oxygen atoms in total. The lowest BCUT2D eigenvalue weighted by Crippen LogP contribution is -2.34. The van der Waals surface area contributed by atoms with Crippen LogP contribution in [0.3, 0.4) is 0 Å². The van der Waals surface area contributed by atoms with Crippen molar-refractivity contribution in [3.05, 3.63) is 58.0 Å². The Balaban J connectivity index is 1.31. The molecule has 0 atom stereocenters. The Morgan fingerprint density at radius 2 is 2.06 bits per heavy atom. The van der Waals surface area contributed by atoms with Crippen molar-refractivity contribution < 1.29 is 9.18 Å². The van der Waals surface area contributed by atoms with Crippen molar-refractivity contribution in [2.75, 3.05) is 31.5 Å². The van der Waals surface area contributed by atoms with Gasteiger partial charge in [-0.25, -0.2) is 14.4 Å². The van der Waals surface area contributed by atoms with Crippen molar-refractivity contribution in [3.63, 3.8) is 0 Å². The van der Waals surface area contributed by atoms with Crippen LogP contribution in [0.4, 0.5) is 15.9 Å². The molecule has 0 radical (unpaired) electrons. The number of likely N-dealkylation sites (tertiary alicyclic amines) is 1. The average Bonchev–Trinajstić information content (AvgIpc) is 3.21. The molecule has 0 spiro atoms. The monoisotopic (exact) mass is 485 g/mol.